The van der Waals surface area contributed by atoms with Crippen LogP contribution >= 0.6 is 11.6 Å². The maximum Gasteiger partial charge on any atom is 0.244 e. The Bertz CT molecular complexity index is 1140. The van der Waals surface area contributed by atoms with Crippen LogP contribution in [0.15, 0.2) is 52.4 Å². The fourth-order valence-corrected chi connectivity index (χ4v) is 5.34. The van der Waals surface area contributed by atoms with Crippen LogP contribution in [0.1, 0.15) is 30.4 Å². The van der Waals surface area contributed by atoms with Gasteiger partial charge in [-0.2, -0.15) is 0 Å². The number of rotatable bonds is 11. The van der Waals surface area contributed by atoms with Crippen LogP contribution in [0.4, 0.5) is 0 Å². The summed E-state index contributed by atoms with van der Waals surface area (Å²) in [5.74, 6) is 1.43. The lowest BCUT2D eigenvalue weighted by Gasteiger charge is -2.19. The van der Waals surface area contributed by atoms with Crippen LogP contribution in [0.3, 0.4) is 0 Å². The number of aliphatic imine (C=N–C) groups is 1. The highest BCUT2D eigenvalue weighted by Gasteiger charge is 2.23. The Kier molecular flexibility index (Phi) is 8.93. The summed E-state index contributed by atoms with van der Waals surface area (Å²) >= 11 is 6.14. The molecule has 0 saturated heterocycles. The molecule has 34 heavy (non-hydrogen) atoms. The Balaban J connectivity index is 1.44. The molecular weight excluding hydrogens is 476 g/mol. The molecule has 0 unspecified atom stereocenters. The van der Waals surface area contributed by atoms with Crippen LogP contribution in [0.5, 0.6) is 5.75 Å². The van der Waals surface area contributed by atoms with Crippen molar-refractivity contribution in [3.63, 3.8) is 0 Å². The van der Waals surface area contributed by atoms with Crippen molar-refractivity contribution in [3.8, 4) is 5.75 Å². The van der Waals surface area contributed by atoms with Gasteiger partial charge in [-0.1, -0.05) is 35.9 Å². The molecule has 0 saturated carbocycles. The second-order valence-electron chi connectivity index (χ2n) is 8.18. The average molecular weight is 507 g/mol. The number of halogens is 1. The van der Waals surface area contributed by atoms with E-state index in [9.17, 15) is 13.2 Å². The largest absolute Gasteiger partial charge is 0.497 e. The molecule has 0 aromatic heterocycles. The molecule has 0 aliphatic carbocycles. The van der Waals surface area contributed by atoms with Crippen molar-refractivity contribution in [2.45, 2.75) is 30.7 Å². The monoisotopic (exact) mass is 506 g/mol. The van der Waals surface area contributed by atoms with E-state index in [-0.39, 0.29) is 15.8 Å². The SMILES string of the molecule is COc1ccc(S(=O)(=O)N(C)CCCCC(=O)N(C)Cc2ccc(C3=NCCN3)cc2)c(Cl)c1. The summed E-state index contributed by atoms with van der Waals surface area (Å²) in [6, 6.07) is 12.5. The van der Waals surface area contributed by atoms with Crippen LogP contribution in [0, 0.1) is 0 Å². The van der Waals surface area contributed by atoms with Crippen LogP contribution in [0.2, 0.25) is 5.02 Å². The molecule has 1 heterocycles. The van der Waals surface area contributed by atoms with Crippen LogP contribution in [-0.4, -0.2) is 70.2 Å². The number of benzene rings is 2. The van der Waals surface area contributed by atoms with E-state index in [0.29, 0.717) is 38.1 Å². The third-order valence-electron chi connectivity index (χ3n) is 5.69. The maximum atomic E-state index is 12.8. The lowest BCUT2D eigenvalue weighted by atomic mass is 10.1. The number of nitrogens with zero attached hydrogens (tertiary/aromatic N) is 3. The van der Waals surface area contributed by atoms with Crippen molar-refractivity contribution in [1.82, 2.24) is 14.5 Å². The molecule has 8 nitrogen and oxygen atoms in total. The van der Waals surface area contributed by atoms with E-state index in [4.69, 9.17) is 16.3 Å². The fraction of sp³-hybridized carbons (Fsp3) is 0.417. The van der Waals surface area contributed by atoms with Gasteiger partial charge in [0, 0.05) is 51.8 Å². The van der Waals surface area contributed by atoms with Gasteiger partial charge in [0.05, 0.1) is 18.7 Å². The maximum absolute atomic E-state index is 12.8. The van der Waals surface area contributed by atoms with E-state index in [1.165, 1.54) is 30.6 Å². The van der Waals surface area contributed by atoms with Crippen molar-refractivity contribution in [3.05, 3.63) is 58.6 Å². The number of nitrogens with one attached hydrogen (secondary N) is 1. The van der Waals surface area contributed by atoms with E-state index >= 15 is 0 Å². The molecule has 0 radical (unpaired) electrons. The number of unbranched alkanes of at least 4 members (excludes halogenated alkanes) is 1. The smallest absolute Gasteiger partial charge is 0.244 e. The molecule has 1 aliphatic heterocycles. The molecule has 1 N–H and O–H groups in total. The van der Waals surface area contributed by atoms with Crippen molar-refractivity contribution in [2.24, 2.45) is 4.99 Å². The molecule has 0 spiro atoms. The Hall–Kier alpha value is -2.62. The summed E-state index contributed by atoms with van der Waals surface area (Å²) in [4.78, 5) is 18.7. The van der Waals surface area contributed by atoms with Gasteiger partial charge in [0.25, 0.3) is 0 Å². The number of hydrogen-bond donors (Lipinski definition) is 1. The fourth-order valence-electron chi connectivity index (χ4n) is 3.63. The third kappa shape index (κ3) is 6.49. The highest BCUT2D eigenvalue weighted by molar-refractivity contribution is 7.89. The van der Waals surface area contributed by atoms with E-state index < -0.39 is 10.0 Å². The molecule has 2 aromatic carbocycles. The molecule has 10 heteroatoms. The lowest BCUT2D eigenvalue weighted by molar-refractivity contribution is -0.130. The normalized spacial score (nSPS) is 13.5. The first kappa shape index (κ1) is 26.0. The molecule has 0 bridgehead atoms. The van der Waals surface area contributed by atoms with Gasteiger partial charge in [0.1, 0.15) is 16.5 Å². The summed E-state index contributed by atoms with van der Waals surface area (Å²) in [7, 11) is 1.06. The first-order valence-corrected chi connectivity index (χ1v) is 13.0. The van der Waals surface area contributed by atoms with E-state index in [2.05, 4.69) is 10.3 Å². The van der Waals surface area contributed by atoms with E-state index in [0.717, 1.165) is 30.1 Å². The average Bonchev–Trinajstić information content (AvgIpc) is 3.36. The van der Waals surface area contributed by atoms with Crippen LogP contribution in [-0.2, 0) is 21.4 Å². The number of ether oxygens (including phenoxy) is 1. The topological polar surface area (TPSA) is 91.3 Å². The minimum Gasteiger partial charge on any atom is -0.497 e. The molecule has 0 fully saturated rings. The van der Waals surface area contributed by atoms with Gasteiger partial charge < -0.3 is 15.0 Å². The number of carbonyl (C=O) groups excluding carboxylic acids is 1. The highest BCUT2D eigenvalue weighted by Crippen LogP contribution is 2.28. The number of amidine groups is 1. The van der Waals surface area contributed by atoms with Crippen LogP contribution < -0.4 is 10.1 Å². The number of methoxy groups -OCH3 is 1. The van der Waals surface area contributed by atoms with E-state index in [1.54, 1.807) is 18.0 Å². The van der Waals surface area contributed by atoms with Gasteiger partial charge >= 0.3 is 0 Å². The zero-order chi connectivity index (χ0) is 24.7. The highest BCUT2D eigenvalue weighted by atomic mass is 35.5. The quantitative estimate of drug-likeness (QED) is 0.473. The molecular formula is C24H31ClN4O4S. The Morgan fingerprint density at radius 2 is 1.88 bits per heavy atom. The Morgan fingerprint density at radius 3 is 2.50 bits per heavy atom. The van der Waals surface area contributed by atoms with Crippen LogP contribution in [0.25, 0.3) is 0 Å². The second-order valence-corrected chi connectivity index (χ2v) is 10.6. The zero-order valence-electron chi connectivity index (χ0n) is 19.8. The molecule has 184 valence electrons. The predicted molar refractivity (Wildman–Crippen MR) is 134 cm³/mol. The van der Waals surface area contributed by atoms with Gasteiger partial charge in [-0.05, 0) is 30.5 Å². The molecule has 1 aliphatic rings. The molecule has 3 rings (SSSR count). The van der Waals surface area contributed by atoms with E-state index in [1.807, 2.05) is 24.3 Å². The molecule has 1 amide bonds. The van der Waals surface area contributed by atoms with Crippen molar-refractivity contribution >= 4 is 33.4 Å². The minimum atomic E-state index is -3.72. The van der Waals surface area contributed by atoms with Gasteiger partial charge in [0.2, 0.25) is 15.9 Å². The minimum absolute atomic E-state index is 0.0228. The number of carbonyl (C=O) groups is 1. The van der Waals surface area contributed by atoms with Gasteiger partial charge in [0.15, 0.2) is 0 Å². The second kappa shape index (κ2) is 11.7. The summed E-state index contributed by atoms with van der Waals surface area (Å²) in [6.07, 6.45) is 1.50. The number of sulfonamides is 1. The number of hydrogen-bond acceptors (Lipinski definition) is 6. The zero-order valence-corrected chi connectivity index (χ0v) is 21.3. The standard InChI is InChI=1S/C24H31ClN4O4S/c1-28(17-18-7-9-19(10-8-18)24-26-13-14-27-24)23(30)6-4-5-15-29(2)34(31,32)22-12-11-20(33-3)16-21(22)25/h7-12,16H,4-6,13-15,17H2,1-3H3,(H,26,27). The van der Waals surface area contributed by atoms with Gasteiger partial charge in [-0.3, -0.25) is 9.79 Å². The Morgan fingerprint density at radius 1 is 1.15 bits per heavy atom. The van der Waals surface area contributed by atoms with Crippen molar-refractivity contribution < 1.29 is 17.9 Å². The third-order valence-corrected chi connectivity index (χ3v) is 8.03. The summed E-state index contributed by atoms with van der Waals surface area (Å²) < 4.78 is 32.0. The molecule has 2 aromatic rings. The van der Waals surface area contributed by atoms with Gasteiger partial charge in [-0.15, -0.1) is 0 Å². The summed E-state index contributed by atoms with van der Waals surface area (Å²) in [6.45, 7) is 2.47. The van der Waals surface area contributed by atoms with Crippen molar-refractivity contribution in [2.75, 3.05) is 40.8 Å². The summed E-state index contributed by atoms with van der Waals surface area (Å²) in [5, 5.41) is 3.36. The van der Waals surface area contributed by atoms with Crippen molar-refractivity contribution in [1.29, 1.82) is 0 Å². The molecule has 0 atom stereocenters. The number of amides is 1. The Labute approximate surface area is 206 Å². The first-order valence-electron chi connectivity index (χ1n) is 11.1. The lowest BCUT2D eigenvalue weighted by Crippen LogP contribution is -2.29. The predicted octanol–water partition coefficient (Wildman–Crippen LogP) is 3.15. The summed E-state index contributed by atoms with van der Waals surface area (Å²) in [5.41, 5.74) is 2.09. The first-order chi connectivity index (χ1) is 16.2. The van der Waals surface area contributed by atoms with Gasteiger partial charge in [-0.25, -0.2) is 12.7 Å².